The zero-order chi connectivity index (χ0) is 9.26. The summed E-state index contributed by atoms with van der Waals surface area (Å²) in [5.41, 5.74) is 6.80. The zero-order valence-corrected chi connectivity index (χ0v) is 8.16. The van der Waals surface area contributed by atoms with Crippen molar-refractivity contribution < 1.29 is 0 Å². The fourth-order valence-corrected chi connectivity index (χ4v) is 2.18. The minimum absolute atomic E-state index is 0.365. The van der Waals surface area contributed by atoms with E-state index in [2.05, 4.69) is 16.8 Å². The molecule has 3 nitrogen and oxygen atoms in total. The molecule has 0 saturated carbocycles. The van der Waals surface area contributed by atoms with Crippen LogP contribution in [0.4, 0.5) is 5.69 Å². The largest absolute Gasteiger partial charge is 0.392 e. The summed E-state index contributed by atoms with van der Waals surface area (Å²) in [4.78, 5) is 6.19. The molecule has 4 heteroatoms. The van der Waals surface area contributed by atoms with Crippen molar-refractivity contribution in [2.24, 2.45) is 5.73 Å². The molecule has 1 aromatic rings. The predicted molar refractivity (Wildman–Crippen MR) is 56.0 cm³/mol. The second kappa shape index (κ2) is 3.30. The molecular weight excluding hydrogens is 182 g/mol. The van der Waals surface area contributed by atoms with Crippen LogP contribution in [-0.2, 0) is 0 Å². The smallest absolute Gasteiger partial charge is 0.0841 e. The number of rotatable bonds is 1. The summed E-state index contributed by atoms with van der Waals surface area (Å²) in [5, 5.41) is 1.22. The van der Waals surface area contributed by atoms with Gasteiger partial charge in [0.1, 0.15) is 0 Å². The summed E-state index contributed by atoms with van der Waals surface area (Å²) in [6, 6.07) is 3.95. The molecule has 0 aromatic carbocycles. The van der Waals surface area contributed by atoms with Gasteiger partial charge in [0.2, 0.25) is 0 Å². The number of nitrogens with two attached hydrogens (primary N) is 1. The van der Waals surface area contributed by atoms with E-state index in [4.69, 9.17) is 5.73 Å². The molecule has 2 heterocycles. The molecule has 0 saturated heterocycles. The van der Waals surface area contributed by atoms with Crippen molar-refractivity contribution in [1.82, 2.24) is 4.98 Å². The molecule has 1 aliphatic rings. The number of hydrogen-bond acceptors (Lipinski definition) is 4. The molecule has 68 valence electrons. The quantitative estimate of drug-likeness (QED) is 0.737. The average molecular weight is 193 g/mol. The third-order valence-corrected chi connectivity index (χ3v) is 2.85. The van der Waals surface area contributed by atoms with Gasteiger partial charge in [-0.2, -0.15) is 0 Å². The molecule has 0 amide bonds. The number of aromatic nitrogens is 1. The molecule has 0 bridgehead atoms. The Morgan fingerprint density at radius 1 is 1.62 bits per heavy atom. The number of pyridine rings is 1. The SMILES string of the molecule is CC1SC(N)=CN1c1cccnc1. The van der Waals surface area contributed by atoms with E-state index >= 15 is 0 Å². The van der Waals surface area contributed by atoms with Gasteiger partial charge in [-0.1, -0.05) is 11.8 Å². The summed E-state index contributed by atoms with van der Waals surface area (Å²) in [7, 11) is 0. The van der Waals surface area contributed by atoms with Crippen molar-refractivity contribution in [2.75, 3.05) is 4.90 Å². The molecule has 2 N–H and O–H groups in total. The lowest BCUT2D eigenvalue weighted by Crippen LogP contribution is -2.20. The molecule has 0 aliphatic carbocycles. The van der Waals surface area contributed by atoms with E-state index in [1.54, 1.807) is 18.0 Å². The molecule has 1 aliphatic heterocycles. The molecule has 1 atom stereocenters. The Labute approximate surface area is 81.6 Å². The third-order valence-electron chi connectivity index (χ3n) is 1.91. The normalized spacial score (nSPS) is 21.8. The van der Waals surface area contributed by atoms with Gasteiger partial charge in [-0.25, -0.2) is 0 Å². The van der Waals surface area contributed by atoms with Crippen molar-refractivity contribution in [3.05, 3.63) is 35.8 Å². The van der Waals surface area contributed by atoms with Crippen LogP contribution >= 0.6 is 11.8 Å². The van der Waals surface area contributed by atoms with E-state index in [0.29, 0.717) is 5.37 Å². The van der Waals surface area contributed by atoms with E-state index < -0.39 is 0 Å². The Morgan fingerprint density at radius 2 is 2.46 bits per heavy atom. The summed E-state index contributed by atoms with van der Waals surface area (Å²) < 4.78 is 0. The number of anilines is 1. The van der Waals surface area contributed by atoms with E-state index in [1.807, 2.05) is 24.5 Å². The average Bonchev–Trinajstić information content (AvgIpc) is 2.47. The highest BCUT2D eigenvalue weighted by molar-refractivity contribution is 8.03. The summed E-state index contributed by atoms with van der Waals surface area (Å²) >= 11 is 1.66. The molecule has 1 unspecified atom stereocenters. The van der Waals surface area contributed by atoms with Gasteiger partial charge in [-0.3, -0.25) is 4.98 Å². The molecule has 1 aromatic heterocycles. The third kappa shape index (κ3) is 1.62. The first-order chi connectivity index (χ1) is 6.27. The van der Waals surface area contributed by atoms with Crippen molar-refractivity contribution in [3.63, 3.8) is 0 Å². The van der Waals surface area contributed by atoms with Crippen LogP contribution in [0.3, 0.4) is 0 Å². The maximum Gasteiger partial charge on any atom is 0.0841 e. The second-order valence-corrected chi connectivity index (χ2v) is 4.26. The highest BCUT2D eigenvalue weighted by Gasteiger charge is 2.20. The summed E-state index contributed by atoms with van der Waals surface area (Å²) in [5.74, 6) is 0. The lowest BCUT2D eigenvalue weighted by atomic mass is 10.4. The van der Waals surface area contributed by atoms with Crippen molar-refractivity contribution in [1.29, 1.82) is 0 Å². The van der Waals surface area contributed by atoms with Crippen LogP contribution in [0.5, 0.6) is 0 Å². The van der Waals surface area contributed by atoms with Crippen LogP contribution in [0, 0.1) is 0 Å². The zero-order valence-electron chi connectivity index (χ0n) is 7.34. The van der Waals surface area contributed by atoms with Crippen LogP contribution in [0.1, 0.15) is 6.92 Å². The predicted octanol–water partition coefficient (Wildman–Crippen LogP) is 1.74. The van der Waals surface area contributed by atoms with E-state index in [-0.39, 0.29) is 0 Å². The molecule has 0 radical (unpaired) electrons. The lowest BCUT2D eigenvalue weighted by molar-refractivity contribution is 0.962. The first-order valence-corrected chi connectivity index (χ1v) is 4.97. The van der Waals surface area contributed by atoms with Gasteiger partial charge in [-0.15, -0.1) is 0 Å². The van der Waals surface area contributed by atoms with Gasteiger partial charge in [0.15, 0.2) is 0 Å². The lowest BCUT2D eigenvalue weighted by Gasteiger charge is -2.20. The minimum Gasteiger partial charge on any atom is -0.392 e. The van der Waals surface area contributed by atoms with Crippen LogP contribution in [0.25, 0.3) is 0 Å². The monoisotopic (exact) mass is 193 g/mol. The maximum absolute atomic E-state index is 5.71. The van der Waals surface area contributed by atoms with Gasteiger partial charge < -0.3 is 10.6 Å². The van der Waals surface area contributed by atoms with Crippen LogP contribution < -0.4 is 10.6 Å². The Kier molecular flexibility index (Phi) is 2.14. The number of thioether (sulfide) groups is 1. The van der Waals surface area contributed by atoms with E-state index in [1.165, 1.54) is 0 Å². The fourth-order valence-electron chi connectivity index (χ4n) is 1.32. The summed E-state index contributed by atoms with van der Waals surface area (Å²) in [6.45, 7) is 2.12. The van der Waals surface area contributed by atoms with E-state index in [0.717, 1.165) is 10.7 Å². The topological polar surface area (TPSA) is 42.1 Å². The van der Waals surface area contributed by atoms with E-state index in [9.17, 15) is 0 Å². The molecule has 0 fully saturated rings. The van der Waals surface area contributed by atoms with Gasteiger partial charge in [-0.05, 0) is 19.1 Å². The number of nitrogens with zero attached hydrogens (tertiary/aromatic N) is 2. The first-order valence-electron chi connectivity index (χ1n) is 4.09. The molecule has 13 heavy (non-hydrogen) atoms. The Bertz CT molecular complexity index is 323. The minimum atomic E-state index is 0.365. The van der Waals surface area contributed by atoms with Crippen LogP contribution in [0.15, 0.2) is 35.8 Å². The van der Waals surface area contributed by atoms with Crippen molar-refractivity contribution >= 4 is 17.4 Å². The Morgan fingerprint density at radius 3 is 3.00 bits per heavy atom. The van der Waals surface area contributed by atoms with Gasteiger partial charge in [0, 0.05) is 12.4 Å². The molecule has 0 spiro atoms. The fraction of sp³-hybridized carbons (Fsp3) is 0.222. The standard InChI is InChI=1S/C9H11N3S/c1-7-12(6-9(10)13-7)8-3-2-4-11-5-8/h2-7H,10H2,1H3. The maximum atomic E-state index is 5.71. The first kappa shape index (κ1) is 8.44. The van der Waals surface area contributed by atoms with Gasteiger partial charge in [0.25, 0.3) is 0 Å². The molecule has 2 rings (SSSR count). The second-order valence-electron chi connectivity index (χ2n) is 2.87. The highest BCUT2D eigenvalue weighted by atomic mass is 32.2. The van der Waals surface area contributed by atoms with Crippen molar-refractivity contribution in [2.45, 2.75) is 12.3 Å². The van der Waals surface area contributed by atoms with Gasteiger partial charge in [0.05, 0.1) is 22.3 Å². The van der Waals surface area contributed by atoms with Crippen LogP contribution in [-0.4, -0.2) is 10.4 Å². The molecular formula is C9H11N3S. The Hall–Kier alpha value is -1.16. The Balaban J connectivity index is 2.27. The van der Waals surface area contributed by atoms with Crippen LogP contribution in [0.2, 0.25) is 0 Å². The summed E-state index contributed by atoms with van der Waals surface area (Å²) in [6.07, 6.45) is 5.56. The number of hydrogen-bond donors (Lipinski definition) is 1. The van der Waals surface area contributed by atoms with Crippen molar-refractivity contribution in [3.8, 4) is 0 Å². The highest BCUT2D eigenvalue weighted by Crippen LogP contribution is 2.32. The van der Waals surface area contributed by atoms with Gasteiger partial charge >= 0.3 is 0 Å².